The van der Waals surface area contributed by atoms with Gasteiger partial charge in [-0.15, -0.1) is 0 Å². The van der Waals surface area contributed by atoms with E-state index in [0.29, 0.717) is 0 Å². The lowest BCUT2D eigenvalue weighted by atomic mass is 9.85. The highest BCUT2D eigenvalue weighted by Crippen LogP contribution is 2.48. The van der Waals surface area contributed by atoms with Gasteiger partial charge in [-0.25, -0.2) is 0 Å². The van der Waals surface area contributed by atoms with Crippen LogP contribution < -0.4 is 9.64 Å². The fourth-order valence-corrected chi connectivity index (χ4v) is 9.28. The first kappa shape index (κ1) is 32.7. The fraction of sp³-hybridized carbons (Fsp3) is 0.0370. The number of para-hydroxylation sites is 5. The molecule has 0 saturated carbocycles. The van der Waals surface area contributed by atoms with Gasteiger partial charge in [0.25, 0.3) is 0 Å². The number of anilines is 3. The number of allylic oxidation sites excluding steroid dienone is 2. The number of ether oxygens (including phenoxy) is 1. The summed E-state index contributed by atoms with van der Waals surface area (Å²) >= 11 is 0. The quantitative estimate of drug-likeness (QED) is 0.176. The largest absolute Gasteiger partial charge is 0.485 e. The summed E-state index contributed by atoms with van der Waals surface area (Å²) in [5.74, 6) is 0.965. The van der Waals surface area contributed by atoms with Gasteiger partial charge in [-0.3, -0.25) is 0 Å². The zero-order valence-corrected chi connectivity index (χ0v) is 31.5. The topological polar surface area (TPSA) is 30.5 Å². The first-order chi connectivity index (χ1) is 28.8. The summed E-state index contributed by atoms with van der Waals surface area (Å²) in [7, 11) is 0. The predicted octanol–water partition coefficient (Wildman–Crippen LogP) is 14.5. The van der Waals surface area contributed by atoms with Crippen LogP contribution in [0, 0.1) is 0 Å². The molecule has 0 spiro atoms. The zero-order chi connectivity index (χ0) is 38.2. The van der Waals surface area contributed by atoms with Gasteiger partial charge in [0.2, 0.25) is 0 Å². The molecule has 2 unspecified atom stereocenters. The third-order valence-electron chi connectivity index (χ3n) is 11.9. The van der Waals surface area contributed by atoms with Gasteiger partial charge in [0.15, 0.2) is 5.58 Å². The van der Waals surface area contributed by atoms with Crippen molar-refractivity contribution in [3.8, 4) is 33.7 Å². The minimum absolute atomic E-state index is 0.0568. The second kappa shape index (κ2) is 13.0. The van der Waals surface area contributed by atoms with Crippen LogP contribution in [0.2, 0.25) is 0 Å². The Labute approximate surface area is 335 Å². The highest BCUT2D eigenvalue weighted by Gasteiger charge is 2.31. The molecule has 1 aliphatic heterocycles. The second-order valence-corrected chi connectivity index (χ2v) is 15.2. The maximum atomic E-state index is 6.69. The number of rotatable bonds is 5. The van der Waals surface area contributed by atoms with Gasteiger partial charge in [-0.1, -0.05) is 127 Å². The lowest BCUT2D eigenvalue weighted by Crippen LogP contribution is -2.22. The molecule has 4 heteroatoms. The zero-order valence-electron chi connectivity index (χ0n) is 31.5. The van der Waals surface area contributed by atoms with Gasteiger partial charge >= 0.3 is 0 Å². The first-order valence-corrected chi connectivity index (χ1v) is 19.9. The molecule has 0 radical (unpaired) electrons. The Kier molecular flexibility index (Phi) is 7.32. The first-order valence-electron chi connectivity index (χ1n) is 19.9. The van der Waals surface area contributed by atoms with Gasteiger partial charge < -0.3 is 18.6 Å². The number of hydrogen-bond donors (Lipinski definition) is 0. The molecule has 0 bridgehead atoms. The molecule has 2 aliphatic rings. The summed E-state index contributed by atoms with van der Waals surface area (Å²) in [6, 6.07) is 65.2. The Hall–Kier alpha value is -7.56. The van der Waals surface area contributed by atoms with Crippen LogP contribution in [-0.2, 0) is 0 Å². The Bertz CT molecular complexity index is 3280. The summed E-state index contributed by atoms with van der Waals surface area (Å²) in [5, 5.41) is 4.68. The van der Waals surface area contributed by atoms with Crippen molar-refractivity contribution >= 4 is 60.8 Å². The summed E-state index contributed by atoms with van der Waals surface area (Å²) in [5.41, 5.74) is 14.2. The Morgan fingerprint density at radius 2 is 1.21 bits per heavy atom. The summed E-state index contributed by atoms with van der Waals surface area (Å²) in [4.78, 5) is 2.35. The smallest absolute Gasteiger partial charge is 0.159 e. The van der Waals surface area contributed by atoms with E-state index in [2.05, 4.69) is 210 Å². The summed E-state index contributed by atoms with van der Waals surface area (Å²) in [6.07, 6.45) is 8.57. The van der Waals surface area contributed by atoms with E-state index in [9.17, 15) is 0 Å². The number of furan rings is 1. The van der Waals surface area contributed by atoms with Gasteiger partial charge in [0, 0.05) is 50.1 Å². The van der Waals surface area contributed by atoms with Crippen molar-refractivity contribution in [1.29, 1.82) is 0 Å². The predicted molar refractivity (Wildman–Crippen MR) is 239 cm³/mol. The molecule has 0 fully saturated rings. The van der Waals surface area contributed by atoms with Gasteiger partial charge in [-0.2, -0.15) is 0 Å². The molecule has 10 aromatic rings. The number of fused-ring (bicyclic) bond motifs is 11. The molecule has 2 atom stereocenters. The minimum atomic E-state index is -0.103. The van der Waals surface area contributed by atoms with Crippen molar-refractivity contribution in [2.75, 3.05) is 4.90 Å². The lowest BCUT2D eigenvalue weighted by molar-refractivity contribution is 0.236. The average molecular weight is 745 g/mol. The maximum absolute atomic E-state index is 6.69. The number of benzene rings is 8. The normalized spacial score (nSPS) is 15.6. The van der Waals surface area contributed by atoms with Gasteiger partial charge in [0.1, 0.15) is 17.4 Å². The summed E-state index contributed by atoms with van der Waals surface area (Å²) < 4.78 is 15.7. The van der Waals surface area contributed by atoms with E-state index < -0.39 is 0 Å². The molecule has 4 nitrogen and oxygen atoms in total. The SMILES string of the molecule is C1=CC2Oc3ccccc3-c3ccc(N(c4ccc(-c5ccc6c(c5)c5ccccc5n6-c5ccccc5)cc4)c4cccc5c4oc4ccccc45)cc3C2C=C1. The minimum Gasteiger partial charge on any atom is -0.485 e. The van der Waals surface area contributed by atoms with E-state index in [1.54, 1.807) is 0 Å². The van der Waals surface area contributed by atoms with Crippen LogP contribution in [0.3, 0.4) is 0 Å². The van der Waals surface area contributed by atoms with Crippen LogP contribution in [0.4, 0.5) is 17.1 Å². The molecular formula is C54H36N2O2. The van der Waals surface area contributed by atoms with E-state index >= 15 is 0 Å². The van der Waals surface area contributed by atoms with Crippen LogP contribution >= 0.6 is 0 Å². The van der Waals surface area contributed by atoms with Crippen molar-refractivity contribution in [1.82, 2.24) is 4.57 Å². The molecule has 274 valence electrons. The molecule has 3 heterocycles. The molecule has 0 N–H and O–H groups in total. The Morgan fingerprint density at radius 1 is 0.483 bits per heavy atom. The Balaban J connectivity index is 1.02. The molecule has 0 amide bonds. The van der Waals surface area contributed by atoms with Gasteiger partial charge in [-0.05, 0) is 101 Å². The van der Waals surface area contributed by atoms with E-state index in [1.807, 2.05) is 6.07 Å². The lowest BCUT2D eigenvalue weighted by Gasteiger charge is -2.28. The van der Waals surface area contributed by atoms with Crippen LogP contribution in [-0.4, -0.2) is 10.7 Å². The van der Waals surface area contributed by atoms with E-state index in [0.717, 1.165) is 61.6 Å². The average Bonchev–Trinajstić information content (AvgIpc) is 3.79. The van der Waals surface area contributed by atoms with E-state index in [-0.39, 0.29) is 12.0 Å². The highest BCUT2D eigenvalue weighted by molar-refractivity contribution is 6.11. The van der Waals surface area contributed by atoms with Crippen LogP contribution in [0.15, 0.2) is 211 Å². The van der Waals surface area contributed by atoms with Gasteiger partial charge in [0.05, 0.1) is 16.7 Å². The fourth-order valence-electron chi connectivity index (χ4n) is 9.28. The second-order valence-electron chi connectivity index (χ2n) is 15.2. The molecule has 2 aromatic heterocycles. The molecule has 1 aliphatic carbocycles. The third kappa shape index (κ3) is 5.08. The Morgan fingerprint density at radius 3 is 2.12 bits per heavy atom. The van der Waals surface area contributed by atoms with E-state index in [1.165, 1.54) is 38.5 Å². The van der Waals surface area contributed by atoms with Crippen molar-refractivity contribution < 1.29 is 9.15 Å². The van der Waals surface area contributed by atoms with Crippen LogP contribution in [0.25, 0.3) is 71.7 Å². The third-order valence-corrected chi connectivity index (χ3v) is 11.9. The number of aromatic nitrogens is 1. The number of hydrogen-bond acceptors (Lipinski definition) is 3. The monoisotopic (exact) mass is 744 g/mol. The van der Waals surface area contributed by atoms with Crippen molar-refractivity contribution in [3.05, 3.63) is 212 Å². The summed E-state index contributed by atoms with van der Waals surface area (Å²) in [6.45, 7) is 0. The molecule has 8 aromatic carbocycles. The molecule has 12 rings (SSSR count). The number of nitrogens with zero attached hydrogens (tertiary/aromatic N) is 2. The molecule has 0 saturated heterocycles. The molecule has 58 heavy (non-hydrogen) atoms. The highest BCUT2D eigenvalue weighted by atomic mass is 16.5. The standard InChI is InChI=1S/C54H36N2O2/c1-2-13-37(14-3-1)56-48-20-8-4-15-41(48)47-33-36(27-32-49(47)56)35-25-28-38(29-26-35)55(50-21-12-19-45-43-17-6-11-24-53(43)58-54(45)50)39-30-31-40-42-16-5-9-22-51(42)57-52-23-10-7-18-44(52)46(40)34-39/h1-34,44,52H. The molecular weight excluding hydrogens is 709 g/mol. The van der Waals surface area contributed by atoms with Crippen molar-refractivity contribution in [2.24, 2.45) is 0 Å². The van der Waals surface area contributed by atoms with Crippen LogP contribution in [0.5, 0.6) is 5.75 Å². The van der Waals surface area contributed by atoms with Crippen LogP contribution in [0.1, 0.15) is 11.5 Å². The van der Waals surface area contributed by atoms with Crippen molar-refractivity contribution in [2.45, 2.75) is 12.0 Å². The van der Waals surface area contributed by atoms with E-state index in [4.69, 9.17) is 9.15 Å². The maximum Gasteiger partial charge on any atom is 0.159 e. The van der Waals surface area contributed by atoms with Crippen molar-refractivity contribution in [3.63, 3.8) is 0 Å².